The zero-order valence-corrected chi connectivity index (χ0v) is 17.6. The van der Waals surface area contributed by atoms with Crippen molar-refractivity contribution in [1.29, 1.82) is 0 Å². The number of likely N-dealkylation sites (tertiary alicyclic amines) is 1. The zero-order valence-electron chi connectivity index (χ0n) is 16.8. The summed E-state index contributed by atoms with van der Waals surface area (Å²) in [7, 11) is 0. The van der Waals surface area contributed by atoms with E-state index < -0.39 is 5.82 Å². The van der Waals surface area contributed by atoms with Crippen LogP contribution in [0.2, 0.25) is 0 Å². The van der Waals surface area contributed by atoms with Crippen molar-refractivity contribution in [3.8, 4) is 0 Å². The number of carbonyl (C=O) groups is 1. The Labute approximate surface area is 173 Å². The third-order valence-corrected chi connectivity index (χ3v) is 6.26. The summed E-state index contributed by atoms with van der Waals surface area (Å²) in [6, 6.07) is 3.14. The van der Waals surface area contributed by atoms with Crippen LogP contribution in [-0.4, -0.2) is 38.8 Å². The maximum Gasteiger partial charge on any atom is 0.274 e. The minimum absolute atomic E-state index is 0.0465. The molecule has 0 aromatic carbocycles. The summed E-state index contributed by atoms with van der Waals surface area (Å²) in [6.45, 7) is 7.62. The van der Waals surface area contributed by atoms with Crippen molar-refractivity contribution in [2.75, 3.05) is 18.4 Å². The Morgan fingerprint density at radius 3 is 2.86 bits per heavy atom. The van der Waals surface area contributed by atoms with Gasteiger partial charge in [-0.1, -0.05) is 13.3 Å². The van der Waals surface area contributed by atoms with Crippen LogP contribution in [0.4, 0.5) is 10.3 Å². The van der Waals surface area contributed by atoms with E-state index in [4.69, 9.17) is 0 Å². The standard InChI is InChI=1S/C21H24FN5OS/c1-4-5-14-10-27(11-14)20(28)18-19-17(6-12(2)29-19)25-21(26-18)24-13(3)15-7-16(22)9-23-8-15/h6-9,13-14H,4-5,10-11H2,1-3H3,(H,24,25,26)/t13-/m0/s1. The fourth-order valence-corrected chi connectivity index (χ4v) is 4.61. The Balaban J connectivity index is 1.61. The molecule has 6 nitrogen and oxygen atoms in total. The van der Waals surface area contributed by atoms with Gasteiger partial charge in [-0.05, 0) is 43.9 Å². The number of rotatable bonds is 6. The van der Waals surface area contributed by atoms with Crippen LogP contribution < -0.4 is 5.32 Å². The average Bonchev–Trinajstić information content (AvgIpc) is 3.03. The number of pyridine rings is 1. The van der Waals surface area contributed by atoms with Crippen LogP contribution in [0.5, 0.6) is 0 Å². The molecule has 152 valence electrons. The van der Waals surface area contributed by atoms with Crippen LogP contribution in [-0.2, 0) is 0 Å². The fourth-order valence-electron chi connectivity index (χ4n) is 3.68. The van der Waals surface area contributed by atoms with E-state index >= 15 is 0 Å². The lowest BCUT2D eigenvalue weighted by Crippen LogP contribution is -2.50. The molecule has 0 spiro atoms. The largest absolute Gasteiger partial charge is 0.348 e. The molecular weight excluding hydrogens is 389 g/mol. The third kappa shape index (κ3) is 4.07. The van der Waals surface area contributed by atoms with Gasteiger partial charge < -0.3 is 10.2 Å². The summed E-state index contributed by atoms with van der Waals surface area (Å²) in [4.78, 5) is 29.1. The van der Waals surface area contributed by atoms with Crippen molar-refractivity contribution < 1.29 is 9.18 Å². The molecule has 8 heteroatoms. The van der Waals surface area contributed by atoms with Crippen LogP contribution in [0.25, 0.3) is 10.2 Å². The molecule has 0 unspecified atom stereocenters. The molecule has 0 bridgehead atoms. The molecule has 1 atom stereocenters. The van der Waals surface area contributed by atoms with E-state index in [1.807, 2.05) is 24.8 Å². The van der Waals surface area contributed by atoms with Crippen molar-refractivity contribution in [2.24, 2.45) is 5.92 Å². The number of nitrogens with one attached hydrogen (secondary N) is 1. The second-order valence-electron chi connectivity index (χ2n) is 7.63. The minimum atomic E-state index is -0.392. The van der Waals surface area contributed by atoms with Crippen LogP contribution >= 0.6 is 11.3 Å². The summed E-state index contributed by atoms with van der Waals surface area (Å²) in [5.74, 6) is 0.511. The predicted molar refractivity (Wildman–Crippen MR) is 113 cm³/mol. The van der Waals surface area contributed by atoms with Gasteiger partial charge in [-0.3, -0.25) is 9.78 Å². The molecule has 4 rings (SSSR count). The van der Waals surface area contributed by atoms with Crippen molar-refractivity contribution >= 4 is 33.4 Å². The number of aryl methyl sites for hydroxylation is 1. The van der Waals surface area contributed by atoms with Gasteiger partial charge in [-0.15, -0.1) is 11.3 Å². The van der Waals surface area contributed by atoms with E-state index in [-0.39, 0.29) is 11.9 Å². The Bertz CT molecular complexity index is 1050. The molecule has 0 aliphatic carbocycles. The van der Waals surface area contributed by atoms with Crippen molar-refractivity contribution in [2.45, 2.75) is 39.7 Å². The Morgan fingerprint density at radius 2 is 2.14 bits per heavy atom. The van der Waals surface area contributed by atoms with Crippen molar-refractivity contribution in [3.63, 3.8) is 0 Å². The summed E-state index contributed by atoms with van der Waals surface area (Å²) in [6.07, 6.45) is 5.05. The molecule has 1 saturated heterocycles. The minimum Gasteiger partial charge on any atom is -0.348 e. The molecule has 1 fully saturated rings. The van der Waals surface area contributed by atoms with Gasteiger partial charge in [-0.25, -0.2) is 14.4 Å². The number of fused-ring (bicyclic) bond motifs is 1. The average molecular weight is 414 g/mol. The highest BCUT2D eigenvalue weighted by Crippen LogP contribution is 2.31. The van der Waals surface area contributed by atoms with E-state index in [1.54, 1.807) is 6.20 Å². The zero-order chi connectivity index (χ0) is 20.5. The highest BCUT2D eigenvalue weighted by Gasteiger charge is 2.32. The van der Waals surface area contributed by atoms with Crippen molar-refractivity contribution in [1.82, 2.24) is 19.9 Å². The maximum absolute atomic E-state index is 13.5. The van der Waals surface area contributed by atoms with Crippen LogP contribution in [0.15, 0.2) is 24.5 Å². The molecule has 4 heterocycles. The first-order valence-electron chi connectivity index (χ1n) is 9.89. The van der Waals surface area contributed by atoms with Gasteiger partial charge in [0.2, 0.25) is 5.95 Å². The summed E-state index contributed by atoms with van der Waals surface area (Å²) in [5.41, 5.74) is 1.88. The molecule has 1 N–H and O–H groups in total. The molecule has 0 saturated carbocycles. The lowest BCUT2D eigenvalue weighted by Gasteiger charge is -2.39. The fraction of sp³-hybridized carbons (Fsp3) is 0.429. The van der Waals surface area contributed by atoms with E-state index in [0.29, 0.717) is 23.1 Å². The molecule has 0 radical (unpaired) electrons. The van der Waals surface area contributed by atoms with Crippen molar-refractivity contribution in [3.05, 3.63) is 46.5 Å². The van der Waals surface area contributed by atoms with Gasteiger partial charge in [-0.2, -0.15) is 0 Å². The normalized spacial score (nSPS) is 15.4. The van der Waals surface area contributed by atoms with E-state index in [1.165, 1.54) is 23.6 Å². The summed E-state index contributed by atoms with van der Waals surface area (Å²) in [5, 5.41) is 3.19. The number of amides is 1. The molecule has 1 amide bonds. The number of carbonyl (C=O) groups excluding carboxylic acids is 1. The molecular formula is C21H24FN5OS. The Kier molecular flexibility index (Phi) is 5.45. The number of aromatic nitrogens is 3. The van der Waals surface area contributed by atoms with Crippen LogP contribution in [0.3, 0.4) is 0 Å². The van der Waals surface area contributed by atoms with Gasteiger partial charge >= 0.3 is 0 Å². The second kappa shape index (κ2) is 8.02. The van der Waals surface area contributed by atoms with E-state index in [2.05, 4.69) is 27.2 Å². The number of hydrogen-bond acceptors (Lipinski definition) is 6. The number of anilines is 1. The molecule has 1 aliphatic heterocycles. The first kappa shape index (κ1) is 19.7. The quantitative estimate of drug-likeness (QED) is 0.641. The monoisotopic (exact) mass is 413 g/mol. The number of halogens is 1. The first-order chi connectivity index (χ1) is 13.9. The van der Waals surface area contributed by atoms with Gasteiger partial charge in [0.15, 0.2) is 5.69 Å². The predicted octanol–water partition coefficient (Wildman–Crippen LogP) is 4.58. The SMILES string of the molecule is CCCC1CN(C(=O)c2nc(N[C@@H](C)c3cncc(F)c3)nc3cc(C)sc23)C1. The molecule has 3 aromatic heterocycles. The number of nitrogens with zero attached hydrogens (tertiary/aromatic N) is 4. The Hall–Kier alpha value is -2.61. The number of hydrogen-bond donors (Lipinski definition) is 1. The van der Waals surface area contributed by atoms with Gasteiger partial charge in [0.05, 0.1) is 22.5 Å². The van der Waals surface area contributed by atoms with Gasteiger partial charge in [0.25, 0.3) is 5.91 Å². The molecule has 1 aliphatic rings. The summed E-state index contributed by atoms with van der Waals surface area (Å²) >= 11 is 1.54. The first-order valence-corrected chi connectivity index (χ1v) is 10.7. The topological polar surface area (TPSA) is 71.0 Å². The van der Waals surface area contributed by atoms with Crippen LogP contribution in [0, 0.1) is 18.7 Å². The third-order valence-electron chi connectivity index (χ3n) is 5.21. The number of thiophene rings is 1. The van der Waals surface area contributed by atoms with Gasteiger partial charge in [0, 0.05) is 24.2 Å². The summed E-state index contributed by atoms with van der Waals surface area (Å²) < 4.78 is 14.3. The van der Waals surface area contributed by atoms with E-state index in [9.17, 15) is 9.18 Å². The Morgan fingerprint density at radius 1 is 1.34 bits per heavy atom. The molecule has 29 heavy (non-hydrogen) atoms. The van der Waals surface area contributed by atoms with E-state index in [0.717, 1.165) is 41.0 Å². The lowest BCUT2D eigenvalue weighted by molar-refractivity contribution is 0.0480. The highest BCUT2D eigenvalue weighted by molar-refractivity contribution is 7.19. The van der Waals surface area contributed by atoms with Crippen LogP contribution in [0.1, 0.15) is 53.7 Å². The second-order valence-corrected chi connectivity index (χ2v) is 8.89. The molecule has 3 aromatic rings. The van der Waals surface area contributed by atoms with Gasteiger partial charge in [0.1, 0.15) is 5.82 Å². The smallest absolute Gasteiger partial charge is 0.274 e. The maximum atomic E-state index is 13.5. The highest BCUT2D eigenvalue weighted by atomic mass is 32.1. The lowest BCUT2D eigenvalue weighted by atomic mass is 9.95.